The van der Waals surface area contributed by atoms with E-state index in [0.29, 0.717) is 44.1 Å². The molecule has 720 valence electrons. The topological polar surface area (TPSA) is 770 Å². The molecule has 1 saturated heterocycles. The lowest BCUT2D eigenvalue weighted by Crippen LogP contribution is -2.62. The lowest BCUT2D eigenvalue weighted by Gasteiger charge is -2.29. The summed E-state index contributed by atoms with van der Waals surface area (Å²) in [5.41, 5.74) is 26.0. The van der Waals surface area contributed by atoms with Crippen molar-refractivity contribution in [1.29, 1.82) is 10.8 Å². The zero-order chi connectivity index (χ0) is 98.2. The average Bonchev–Trinajstić information content (AvgIpc) is 1.64. The molecule has 16 amide bonds. The molecule has 46 nitrogen and oxygen atoms in total. The van der Waals surface area contributed by atoms with Crippen LogP contribution in [0.4, 0.5) is 4.79 Å². The number of carbonyl (C=O) groups excluding carboxylic acids is 16. The van der Waals surface area contributed by atoms with Crippen LogP contribution in [-0.2, 0) is 104 Å². The van der Waals surface area contributed by atoms with E-state index in [1.165, 1.54) is 86.6 Å². The van der Waals surface area contributed by atoms with Gasteiger partial charge in [-0.3, -0.25) is 92.8 Å². The predicted octanol–water partition coefficient (Wildman–Crippen LogP) is -5.66. The molecular weight excluding hydrogens is 1770 g/mol. The van der Waals surface area contributed by atoms with Gasteiger partial charge in [0.2, 0.25) is 88.6 Å². The highest BCUT2D eigenvalue weighted by Crippen LogP contribution is 2.24. The number of phenolic OH excluding ortho intramolecular Hbond substituents is 3. The number of primary amides is 1. The first-order valence-electron chi connectivity index (χ1n) is 42.6. The number of benzene rings is 5. The summed E-state index contributed by atoms with van der Waals surface area (Å²) in [6.07, 6.45) is -4.37. The molecule has 7 aromatic rings. The second-order valence-electron chi connectivity index (χ2n) is 32.3. The highest BCUT2D eigenvalue weighted by atomic mass is 32.2. The number of aromatic nitrogens is 2. The van der Waals surface area contributed by atoms with Crippen LogP contribution in [0.5, 0.6) is 17.2 Å². The van der Waals surface area contributed by atoms with E-state index in [1.54, 1.807) is 60.9 Å². The van der Waals surface area contributed by atoms with E-state index in [-0.39, 0.29) is 86.2 Å². The molecule has 0 bridgehead atoms. The van der Waals surface area contributed by atoms with Crippen molar-refractivity contribution in [2.24, 2.45) is 28.9 Å². The summed E-state index contributed by atoms with van der Waals surface area (Å²) in [7, 11) is 0. The fraction of sp³-hybridized carbons (Fsp3) is 0.402. The molecule has 0 unspecified atom stereocenters. The molecule has 0 radical (unpaired) electrons. The van der Waals surface area contributed by atoms with Gasteiger partial charge in [0.05, 0.1) is 37.8 Å². The summed E-state index contributed by atoms with van der Waals surface area (Å²) < 4.78 is 0. The number of H-pyrrole nitrogens is 2. The maximum atomic E-state index is 15.4. The van der Waals surface area contributed by atoms with E-state index < -0.39 is 247 Å². The third-order valence-corrected chi connectivity index (χ3v) is 22.2. The number of guanidine groups is 2. The lowest BCUT2D eigenvalue weighted by atomic mass is 9.99. The zero-order valence-electron chi connectivity index (χ0n) is 73.5. The number of hydrogen-bond acceptors (Lipinski definition) is 26. The molecule has 134 heavy (non-hydrogen) atoms. The summed E-state index contributed by atoms with van der Waals surface area (Å²) >= 11 is 0.276. The van der Waals surface area contributed by atoms with Crippen LogP contribution in [0.2, 0.25) is 0 Å². The van der Waals surface area contributed by atoms with Crippen LogP contribution in [0.25, 0.3) is 21.8 Å². The highest BCUT2D eigenvalue weighted by molar-refractivity contribution is 8.13. The molecule has 34 N–H and O–H groups in total. The van der Waals surface area contributed by atoms with Gasteiger partial charge in [0, 0.05) is 85.1 Å². The van der Waals surface area contributed by atoms with Crippen LogP contribution >= 0.6 is 11.8 Å². The Kier molecular flexibility index (Phi) is 39.3. The quantitative estimate of drug-likeness (QED) is 0.0152. The standard InChI is InChI=1S/C87H114N24O22S/c1-42(2)69-82(130)105-62(33-47-21-27-52(117)28-22-47)80(128)111-87(133)134-41-55(88)72(120)109-70(43(3)113)83(131)106-60(31-45-17-23-50(115)24-18-45)76(124)104-64(35-49-38-97-57-14-8-6-12-54(49)57)77(125)100-58(15-9-29-94-85(90)91)74(122)103-63(34-48-37-96-56-13-7-5-11-53(48)56)73(121)98-39-68(119)99-66(40-112)81(129)101-59(16-10-30-95-86(92)93)75(123)110-71(44(4)114)84(132)107-65(36-67(89)118)78(126)102-61(79(127)108-69)32-46-19-25-51(116)26-20-46/h5-8,11-14,17-28,37-38,42-44,55,58-66,69-71,96-97,112-117H,9-10,15-16,29-36,39-41,88H2,1-4H3,(H2,89,118)(H,98,121)(H,99,119)(H,100,125)(H,101,129)(H,102,126)(H,103,122)(H,104,124)(H,105,130)(H,106,131)(H,107,132)(H,108,127)(H,109,120)(H,110,123)(H4,90,91,94)(H4,92,93,95)(H,111,128,133)/t43-,44+,55-,58-,59-,60+,61-,62+,63-,64-,65-,66-,69-,70+,71-/m0/s1. The maximum Gasteiger partial charge on any atom is 0.285 e. The Morgan fingerprint density at radius 3 is 1.18 bits per heavy atom. The molecule has 8 rings (SSSR count). The minimum Gasteiger partial charge on any atom is -0.508 e. The minimum atomic E-state index is -2.09. The number of aliphatic hydroxyl groups is 3. The van der Waals surface area contributed by atoms with Gasteiger partial charge in [0.25, 0.3) is 5.24 Å². The number of carbonyl (C=O) groups is 16. The summed E-state index contributed by atoms with van der Waals surface area (Å²) in [6, 6.07) is 6.09. The molecule has 0 aliphatic carbocycles. The van der Waals surface area contributed by atoms with Crippen molar-refractivity contribution in [3.63, 3.8) is 0 Å². The van der Waals surface area contributed by atoms with Gasteiger partial charge in [-0.1, -0.05) is 98.4 Å². The number of para-hydroxylation sites is 2. The van der Waals surface area contributed by atoms with Gasteiger partial charge in [0.15, 0.2) is 11.9 Å². The van der Waals surface area contributed by atoms with E-state index in [1.807, 2.05) is 0 Å². The van der Waals surface area contributed by atoms with Gasteiger partial charge >= 0.3 is 0 Å². The number of phenols is 3. The molecule has 1 fully saturated rings. The Morgan fingerprint density at radius 2 is 0.761 bits per heavy atom. The number of fused-ring (bicyclic) bond motifs is 2. The first-order valence-corrected chi connectivity index (χ1v) is 43.6. The number of aromatic hydroxyl groups is 3. The molecule has 5 aromatic carbocycles. The normalized spacial score (nSPS) is 23.0. The number of amides is 16. The number of nitrogens with one attached hydrogen (secondary N) is 20. The lowest BCUT2D eigenvalue weighted by molar-refractivity contribution is -0.138. The van der Waals surface area contributed by atoms with Crippen LogP contribution in [0.15, 0.2) is 134 Å². The van der Waals surface area contributed by atoms with E-state index >= 15 is 14.4 Å². The summed E-state index contributed by atoms with van der Waals surface area (Å²) in [6.45, 7) is 2.71. The Labute approximate surface area is 771 Å². The fourth-order valence-electron chi connectivity index (χ4n) is 14.2. The van der Waals surface area contributed by atoms with Gasteiger partial charge < -0.3 is 143 Å². The number of hydrogen-bond donors (Lipinski definition) is 30. The number of aromatic amines is 2. The molecule has 1 aliphatic heterocycles. The highest BCUT2D eigenvalue weighted by Gasteiger charge is 2.40. The van der Waals surface area contributed by atoms with Crippen LogP contribution in [0, 0.1) is 16.7 Å². The Morgan fingerprint density at radius 1 is 0.418 bits per heavy atom. The van der Waals surface area contributed by atoms with Crippen LogP contribution in [-0.4, -0.2) is 269 Å². The van der Waals surface area contributed by atoms with Crippen molar-refractivity contribution >= 4 is 139 Å². The van der Waals surface area contributed by atoms with Gasteiger partial charge in [-0.2, -0.15) is 0 Å². The smallest absolute Gasteiger partial charge is 0.285 e. The zero-order valence-corrected chi connectivity index (χ0v) is 74.3. The number of aliphatic hydroxyl groups excluding tert-OH is 3. The molecule has 2 aromatic heterocycles. The maximum absolute atomic E-state index is 15.4. The van der Waals surface area contributed by atoms with Crippen molar-refractivity contribution in [2.45, 2.75) is 183 Å². The van der Waals surface area contributed by atoms with Gasteiger partial charge in [0.1, 0.15) is 89.8 Å². The number of imide groups is 1. The minimum absolute atomic E-state index is 0.0248. The number of thioether (sulfide) groups is 1. The van der Waals surface area contributed by atoms with Crippen molar-refractivity contribution in [3.8, 4) is 17.2 Å². The second-order valence-corrected chi connectivity index (χ2v) is 33.3. The molecular formula is C87H114N24O22S. The van der Waals surface area contributed by atoms with Gasteiger partial charge in [-0.05, 0) is 122 Å². The van der Waals surface area contributed by atoms with Gasteiger partial charge in [-0.15, -0.1) is 0 Å². The largest absolute Gasteiger partial charge is 0.508 e. The summed E-state index contributed by atoms with van der Waals surface area (Å²) in [5.74, 6) is -20.7. The first-order chi connectivity index (χ1) is 63.6. The molecule has 47 heteroatoms. The van der Waals surface area contributed by atoms with Crippen LogP contribution < -0.4 is 108 Å². The van der Waals surface area contributed by atoms with Crippen LogP contribution in [0.3, 0.4) is 0 Å². The fourth-order valence-corrected chi connectivity index (χ4v) is 14.8. The van der Waals surface area contributed by atoms with Gasteiger partial charge in [-0.25, -0.2) is 0 Å². The predicted molar refractivity (Wildman–Crippen MR) is 487 cm³/mol. The Balaban J connectivity index is 1.17. The second kappa shape index (κ2) is 50.4. The van der Waals surface area contributed by atoms with E-state index in [0.717, 1.165) is 13.8 Å². The van der Waals surface area contributed by atoms with Crippen molar-refractivity contribution < 1.29 is 107 Å². The van der Waals surface area contributed by atoms with E-state index in [9.17, 15) is 93.0 Å². The van der Waals surface area contributed by atoms with Crippen molar-refractivity contribution in [1.82, 2.24) is 95.0 Å². The third kappa shape index (κ3) is 32.3. The molecule has 1 aliphatic rings. The number of rotatable bonds is 24. The van der Waals surface area contributed by atoms with Crippen molar-refractivity contribution in [2.75, 3.05) is 32.0 Å². The molecule has 0 saturated carbocycles. The Bertz CT molecular complexity index is 5370. The van der Waals surface area contributed by atoms with E-state index in [4.69, 9.17) is 33.8 Å². The molecule has 3 heterocycles. The Hall–Kier alpha value is -15.0. The SMILES string of the molecule is CC(C)[C@@H]1NC(=O)[C@H](Cc2ccc(O)cc2)NC(=O)[C@H](CC(N)=O)NC(=O)[C@H]([C@@H](C)O)NC(=O)[C@H](CCCNC(=N)N)NC(=O)[C@H](CO)NC(=O)CNC(=O)[C@H](Cc2c[nH]c3ccccc23)NC(=O)[C@H](CCCNC(=N)N)NC(=O)[C@H](Cc2c[nH]c3ccccc23)NC(=O)[C@@H](Cc2ccc(O)cc2)NC(=O)[C@@H]([C@H](C)O)NC(=O)[C@@H](N)CSC(=O)NC(=O)[C@@H](Cc2ccc(O)cc2)NC1=O. The van der Waals surface area contributed by atoms with E-state index in [2.05, 4.69) is 95.0 Å². The third-order valence-electron chi connectivity index (χ3n) is 21.4. The molecule has 0 spiro atoms. The summed E-state index contributed by atoms with van der Waals surface area (Å²) in [5, 5.41) is 119. The summed E-state index contributed by atoms with van der Waals surface area (Å²) in [4.78, 5) is 238. The average molecular weight is 1880 g/mol. The molecule has 15 atom stereocenters. The van der Waals surface area contributed by atoms with Crippen molar-refractivity contribution in [3.05, 3.63) is 162 Å². The monoisotopic (exact) mass is 1880 g/mol. The number of nitrogens with two attached hydrogens (primary N) is 4. The first kappa shape index (κ1) is 104. The van der Waals surface area contributed by atoms with Crippen LogP contribution in [0.1, 0.15) is 87.6 Å².